The Kier molecular flexibility index (Phi) is 6.75. The summed E-state index contributed by atoms with van der Waals surface area (Å²) in [6.45, 7) is 0.185. The maximum Gasteiger partial charge on any atom is 0.387 e. The third-order valence-corrected chi connectivity index (χ3v) is 4.03. The molecular weight excluding hydrogens is 332 g/mol. The minimum atomic E-state index is -3.09. The number of benzene rings is 1. The number of aliphatic carboxylic acids is 1. The lowest BCUT2D eigenvalue weighted by Crippen LogP contribution is -2.42. The average Bonchev–Trinajstić information content (AvgIpc) is 2.49. The number of amides is 1. The second-order valence-electron chi connectivity index (χ2n) is 4.99. The molecule has 23 heavy (non-hydrogen) atoms. The maximum absolute atomic E-state index is 12.4. The fourth-order valence-corrected chi connectivity index (χ4v) is 2.27. The first-order valence-electron chi connectivity index (χ1n) is 7.01. The molecule has 2 N–H and O–H groups in total. The van der Waals surface area contributed by atoms with Crippen molar-refractivity contribution in [3.8, 4) is 5.75 Å². The Morgan fingerprint density at radius 3 is 2.43 bits per heavy atom. The summed E-state index contributed by atoms with van der Waals surface area (Å²) in [5, 5.41) is 12.0. The van der Waals surface area contributed by atoms with Crippen molar-refractivity contribution in [3.05, 3.63) is 28.8 Å². The lowest BCUT2D eigenvalue weighted by atomic mass is 9.82. The van der Waals surface area contributed by atoms with Gasteiger partial charge in [0.2, 0.25) is 0 Å². The van der Waals surface area contributed by atoms with E-state index in [1.807, 2.05) is 0 Å². The van der Waals surface area contributed by atoms with Crippen LogP contribution in [0.1, 0.15) is 37.0 Å². The molecule has 1 aromatic carbocycles. The summed E-state index contributed by atoms with van der Waals surface area (Å²) in [5.74, 6) is -2.08. The summed E-state index contributed by atoms with van der Waals surface area (Å²) in [4.78, 5) is 23.6. The first kappa shape index (κ1) is 19.2. The normalized spacial score (nSPS) is 11.4. The lowest BCUT2D eigenvalue weighted by molar-refractivity contribution is -0.149. The molecule has 0 heterocycles. The number of rotatable bonds is 8. The quantitative estimate of drug-likeness (QED) is 0.752. The smallest absolute Gasteiger partial charge is 0.387 e. The van der Waals surface area contributed by atoms with Crippen molar-refractivity contribution >= 4 is 23.5 Å². The molecule has 1 aromatic rings. The van der Waals surface area contributed by atoms with Crippen molar-refractivity contribution in [1.82, 2.24) is 5.32 Å². The monoisotopic (exact) mass is 349 g/mol. The number of hydrogen-bond donors (Lipinski definition) is 2. The Bertz CT molecular complexity index is 577. The van der Waals surface area contributed by atoms with Crippen LogP contribution in [0.4, 0.5) is 8.78 Å². The second-order valence-corrected chi connectivity index (χ2v) is 5.43. The Balaban J connectivity index is 2.97. The molecular formula is C15H18ClF2NO4. The number of carbonyl (C=O) groups excluding carboxylic acids is 1. The molecule has 0 atom stereocenters. The van der Waals surface area contributed by atoms with E-state index in [1.165, 1.54) is 12.1 Å². The lowest BCUT2D eigenvalue weighted by Gasteiger charge is -2.27. The summed E-state index contributed by atoms with van der Waals surface area (Å²) < 4.78 is 29.1. The van der Waals surface area contributed by atoms with Crippen molar-refractivity contribution in [3.63, 3.8) is 0 Å². The summed E-state index contributed by atoms with van der Waals surface area (Å²) in [6.07, 6.45) is 0.629. The fourth-order valence-electron chi connectivity index (χ4n) is 2.10. The van der Waals surface area contributed by atoms with E-state index in [1.54, 1.807) is 13.8 Å². The molecule has 0 aromatic heterocycles. The van der Waals surface area contributed by atoms with E-state index < -0.39 is 23.9 Å². The van der Waals surface area contributed by atoms with Gasteiger partial charge in [0.15, 0.2) is 0 Å². The van der Waals surface area contributed by atoms with Crippen molar-refractivity contribution < 1.29 is 28.2 Å². The van der Waals surface area contributed by atoms with Gasteiger partial charge in [-0.05, 0) is 31.0 Å². The zero-order chi connectivity index (χ0) is 17.6. The van der Waals surface area contributed by atoms with Crippen LogP contribution in [-0.2, 0) is 4.79 Å². The number of hydrogen-bond acceptors (Lipinski definition) is 3. The molecule has 128 valence electrons. The first-order chi connectivity index (χ1) is 10.8. The molecule has 0 saturated heterocycles. The van der Waals surface area contributed by atoms with E-state index in [-0.39, 0.29) is 22.9 Å². The van der Waals surface area contributed by atoms with Crippen LogP contribution in [0.2, 0.25) is 5.02 Å². The zero-order valence-electron chi connectivity index (χ0n) is 12.7. The highest BCUT2D eigenvalue weighted by Gasteiger charge is 2.35. The third-order valence-electron chi connectivity index (χ3n) is 3.80. The molecule has 0 radical (unpaired) electrons. The Labute approximate surface area is 137 Å². The minimum Gasteiger partial charge on any atom is -0.481 e. The van der Waals surface area contributed by atoms with Gasteiger partial charge in [0, 0.05) is 11.6 Å². The molecule has 0 aliphatic heterocycles. The van der Waals surface area contributed by atoms with Crippen LogP contribution in [0.3, 0.4) is 0 Å². The number of nitrogens with one attached hydrogen (secondary N) is 1. The molecule has 1 rings (SSSR count). The Hall–Kier alpha value is -1.89. The van der Waals surface area contributed by atoms with Gasteiger partial charge in [0.25, 0.3) is 5.91 Å². The maximum atomic E-state index is 12.4. The second kappa shape index (κ2) is 8.10. The van der Waals surface area contributed by atoms with Gasteiger partial charge in [0.05, 0.1) is 11.0 Å². The van der Waals surface area contributed by atoms with Gasteiger partial charge in [-0.2, -0.15) is 8.78 Å². The van der Waals surface area contributed by atoms with Gasteiger partial charge in [-0.25, -0.2) is 0 Å². The highest BCUT2D eigenvalue weighted by atomic mass is 35.5. The zero-order valence-corrected chi connectivity index (χ0v) is 13.5. The number of carboxylic acid groups (broad SMARTS) is 1. The van der Waals surface area contributed by atoms with Crippen LogP contribution in [0.5, 0.6) is 5.75 Å². The Morgan fingerprint density at radius 2 is 1.96 bits per heavy atom. The van der Waals surface area contributed by atoms with E-state index >= 15 is 0 Å². The topological polar surface area (TPSA) is 75.6 Å². The third kappa shape index (κ3) is 4.79. The molecule has 0 unspecified atom stereocenters. The molecule has 0 aliphatic carbocycles. The first-order valence-corrected chi connectivity index (χ1v) is 7.39. The molecule has 1 amide bonds. The van der Waals surface area contributed by atoms with Crippen LogP contribution in [0.25, 0.3) is 0 Å². The number of alkyl halides is 2. The van der Waals surface area contributed by atoms with Gasteiger partial charge in [-0.3, -0.25) is 9.59 Å². The van der Waals surface area contributed by atoms with Crippen molar-refractivity contribution in [2.24, 2.45) is 5.41 Å². The van der Waals surface area contributed by atoms with Gasteiger partial charge in [-0.15, -0.1) is 0 Å². The number of ether oxygens (including phenoxy) is 1. The van der Waals surface area contributed by atoms with E-state index in [9.17, 15) is 23.5 Å². The van der Waals surface area contributed by atoms with E-state index in [4.69, 9.17) is 11.6 Å². The standard InChI is InChI=1S/C15H18ClF2NO4/c1-3-15(4-2,13(21)22)8-19-12(20)10-7-9(16)5-6-11(10)23-14(17)18/h5-7,14H,3-4,8H2,1-2H3,(H,19,20)(H,21,22). The highest BCUT2D eigenvalue weighted by molar-refractivity contribution is 6.31. The van der Waals surface area contributed by atoms with E-state index in [2.05, 4.69) is 10.1 Å². The van der Waals surface area contributed by atoms with Gasteiger partial charge in [-0.1, -0.05) is 25.4 Å². The van der Waals surface area contributed by atoms with E-state index in [0.29, 0.717) is 12.8 Å². The van der Waals surface area contributed by atoms with Gasteiger partial charge < -0.3 is 15.2 Å². The molecule has 0 aliphatic rings. The number of carbonyl (C=O) groups is 2. The highest BCUT2D eigenvalue weighted by Crippen LogP contribution is 2.27. The van der Waals surface area contributed by atoms with Crippen molar-refractivity contribution in [2.45, 2.75) is 33.3 Å². The summed E-state index contributed by atoms with van der Waals surface area (Å²) in [6, 6.07) is 3.66. The fraction of sp³-hybridized carbons (Fsp3) is 0.467. The van der Waals surface area contributed by atoms with Crippen LogP contribution in [-0.4, -0.2) is 30.1 Å². The molecule has 5 nitrogen and oxygen atoms in total. The average molecular weight is 350 g/mol. The SMILES string of the molecule is CCC(CC)(CNC(=O)c1cc(Cl)ccc1OC(F)F)C(=O)O. The van der Waals surface area contributed by atoms with Crippen LogP contribution >= 0.6 is 11.6 Å². The minimum absolute atomic E-state index is 0.130. The Morgan fingerprint density at radius 1 is 1.35 bits per heavy atom. The molecule has 0 spiro atoms. The van der Waals surface area contributed by atoms with Gasteiger partial charge in [0.1, 0.15) is 5.75 Å². The number of halogens is 3. The van der Waals surface area contributed by atoms with Gasteiger partial charge >= 0.3 is 12.6 Å². The molecule has 0 fully saturated rings. The van der Waals surface area contributed by atoms with Crippen molar-refractivity contribution in [1.29, 1.82) is 0 Å². The number of carboxylic acids is 1. The largest absolute Gasteiger partial charge is 0.481 e. The molecule has 0 bridgehead atoms. The summed E-state index contributed by atoms with van der Waals surface area (Å²) >= 11 is 5.78. The van der Waals surface area contributed by atoms with Crippen LogP contribution in [0.15, 0.2) is 18.2 Å². The van der Waals surface area contributed by atoms with E-state index in [0.717, 1.165) is 6.07 Å². The molecule has 8 heteroatoms. The summed E-state index contributed by atoms with van der Waals surface area (Å²) in [7, 11) is 0. The predicted molar refractivity (Wildman–Crippen MR) is 81.1 cm³/mol. The van der Waals surface area contributed by atoms with Crippen molar-refractivity contribution in [2.75, 3.05) is 6.54 Å². The molecule has 0 saturated carbocycles. The summed E-state index contributed by atoms with van der Waals surface area (Å²) in [5.41, 5.74) is -1.29. The predicted octanol–water partition coefficient (Wildman–Crippen LogP) is 3.56. The van der Waals surface area contributed by atoms with Crippen LogP contribution in [0, 0.1) is 5.41 Å². The van der Waals surface area contributed by atoms with Crippen LogP contribution < -0.4 is 10.1 Å².